The first kappa shape index (κ1) is 15.5. The predicted octanol–water partition coefficient (Wildman–Crippen LogP) is 2.26. The van der Waals surface area contributed by atoms with Gasteiger partial charge in [0.1, 0.15) is 12.4 Å². The summed E-state index contributed by atoms with van der Waals surface area (Å²) in [5.74, 6) is 0.913. The third-order valence-corrected chi connectivity index (χ3v) is 3.26. The molecule has 5 nitrogen and oxygen atoms in total. The predicted molar refractivity (Wildman–Crippen MR) is 83.4 cm³/mol. The molecule has 0 amide bonds. The third kappa shape index (κ3) is 5.19. The van der Waals surface area contributed by atoms with Crippen LogP contribution in [0.4, 0.5) is 0 Å². The van der Waals surface area contributed by atoms with Crippen LogP contribution in [0.1, 0.15) is 29.7 Å². The molecule has 21 heavy (non-hydrogen) atoms. The highest BCUT2D eigenvalue weighted by Gasteiger charge is 2.02. The molecular weight excluding hydrogens is 264 g/mol. The summed E-state index contributed by atoms with van der Waals surface area (Å²) in [5.41, 5.74) is 8.94. The number of nitrogens with zero attached hydrogens (tertiary/aromatic N) is 3. The quantitative estimate of drug-likeness (QED) is 0.757. The second kappa shape index (κ2) is 7.78. The molecule has 0 bridgehead atoms. The lowest BCUT2D eigenvalue weighted by Gasteiger charge is -2.07. The summed E-state index contributed by atoms with van der Waals surface area (Å²) in [5, 5.41) is 8.28. The molecule has 0 saturated heterocycles. The number of aromatic nitrogens is 3. The summed E-state index contributed by atoms with van der Waals surface area (Å²) in [6.45, 7) is 6.18. The zero-order chi connectivity index (χ0) is 15.1. The van der Waals surface area contributed by atoms with Gasteiger partial charge in [-0.15, -0.1) is 5.10 Å². The van der Waals surface area contributed by atoms with Gasteiger partial charge in [-0.3, -0.25) is 0 Å². The molecule has 0 unspecified atom stereocenters. The molecule has 0 aliphatic heterocycles. The molecule has 1 aromatic heterocycles. The first-order chi connectivity index (χ1) is 10.2. The summed E-state index contributed by atoms with van der Waals surface area (Å²) >= 11 is 0. The Morgan fingerprint density at radius 3 is 2.62 bits per heavy atom. The van der Waals surface area contributed by atoms with E-state index in [0.29, 0.717) is 13.2 Å². The van der Waals surface area contributed by atoms with E-state index in [1.165, 1.54) is 11.1 Å². The normalized spacial score (nSPS) is 10.8. The van der Waals surface area contributed by atoms with E-state index < -0.39 is 0 Å². The second-order valence-electron chi connectivity index (χ2n) is 5.39. The van der Waals surface area contributed by atoms with Gasteiger partial charge in [-0.2, -0.15) is 0 Å². The number of hydrogen-bond donors (Lipinski definition) is 1. The van der Waals surface area contributed by atoms with E-state index in [1.54, 1.807) is 0 Å². The third-order valence-electron chi connectivity index (χ3n) is 3.26. The smallest absolute Gasteiger partial charge is 0.119 e. The van der Waals surface area contributed by atoms with Crippen molar-refractivity contribution < 1.29 is 4.74 Å². The number of nitrogens with two attached hydrogens (primary N) is 1. The maximum atomic E-state index is 5.77. The van der Waals surface area contributed by atoms with Crippen molar-refractivity contribution in [3.63, 3.8) is 0 Å². The Kier molecular flexibility index (Phi) is 5.75. The molecule has 2 rings (SSSR count). The topological polar surface area (TPSA) is 66.0 Å². The fraction of sp³-hybridized carbons (Fsp3) is 0.500. The van der Waals surface area contributed by atoms with E-state index in [2.05, 4.69) is 30.2 Å². The number of hydrogen-bond acceptors (Lipinski definition) is 4. The number of rotatable bonds is 8. The van der Waals surface area contributed by atoms with Crippen LogP contribution in [0.25, 0.3) is 0 Å². The number of aryl methyl sites for hydroxylation is 3. The van der Waals surface area contributed by atoms with E-state index in [9.17, 15) is 0 Å². The van der Waals surface area contributed by atoms with Crippen LogP contribution in [0.3, 0.4) is 0 Å². The molecule has 0 aliphatic carbocycles. The molecule has 0 fully saturated rings. The van der Waals surface area contributed by atoms with Gasteiger partial charge in [-0.25, -0.2) is 4.68 Å². The minimum absolute atomic E-state index is 0.592. The number of ether oxygens (including phenoxy) is 1. The van der Waals surface area contributed by atoms with Crippen LogP contribution in [0.5, 0.6) is 5.75 Å². The van der Waals surface area contributed by atoms with Crippen molar-refractivity contribution in [2.45, 2.75) is 39.7 Å². The summed E-state index contributed by atoms with van der Waals surface area (Å²) in [6, 6.07) is 6.23. The van der Waals surface area contributed by atoms with Crippen molar-refractivity contribution in [3.8, 4) is 5.75 Å². The zero-order valence-electron chi connectivity index (χ0n) is 12.9. The van der Waals surface area contributed by atoms with Crippen LogP contribution in [0, 0.1) is 13.8 Å². The van der Waals surface area contributed by atoms with E-state index >= 15 is 0 Å². The summed E-state index contributed by atoms with van der Waals surface area (Å²) in [4.78, 5) is 0. The maximum Gasteiger partial charge on any atom is 0.119 e. The lowest BCUT2D eigenvalue weighted by atomic mass is 10.1. The van der Waals surface area contributed by atoms with Gasteiger partial charge in [0, 0.05) is 6.20 Å². The standard InChI is InChI=1S/C16H24N4O/c1-13-9-14(2)11-16(10-13)21-8-7-20-12-15(18-19-20)5-3-4-6-17/h9-12H,3-8,17H2,1-2H3. The van der Waals surface area contributed by atoms with Gasteiger partial charge in [0.2, 0.25) is 0 Å². The molecule has 0 atom stereocenters. The Morgan fingerprint density at radius 1 is 1.14 bits per heavy atom. The first-order valence-corrected chi connectivity index (χ1v) is 7.47. The molecule has 2 aromatic rings. The fourth-order valence-electron chi connectivity index (χ4n) is 2.29. The highest BCUT2D eigenvalue weighted by Crippen LogP contribution is 2.16. The van der Waals surface area contributed by atoms with Gasteiger partial charge in [-0.1, -0.05) is 11.3 Å². The van der Waals surface area contributed by atoms with Crippen LogP contribution in [-0.2, 0) is 13.0 Å². The summed E-state index contributed by atoms with van der Waals surface area (Å²) < 4.78 is 7.61. The van der Waals surface area contributed by atoms with Gasteiger partial charge in [-0.05, 0) is 62.9 Å². The minimum Gasteiger partial charge on any atom is -0.492 e. The molecule has 5 heteroatoms. The van der Waals surface area contributed by atoms with Gasteiger partial charge < -0.3 is 10.5 Å². The maximum absolute atomic E-state index is 5.77. The molecule has 0 saturated carbocycles. The van der Waals surface area contributed by atoms with Crippen LogP contribution < -0.4 is 10.5 Å². The Morgan fingerprint density at radius 2 is 1.90 bits per heavy atom. The lowest BCUT2D eigenvalue weighted by molar-refractivity contribution is 0.289. The molecule has 0 spiro atoms. The highest BCUT2D eigenvalue weighted by atomic mass is 16.5. The lowest BCUT2D eigenvalue weighted by Crippen LogP contribution is -2.09. The molecule has 0 radical (unpaired) electrons. The minimum atomic E-state index is 0.592. The Bertz CT molecular complexity index is 545. The molecule has 114 valence electrons. The van der Waals surface area contributed by atoms with E-state index in [4.69, 9.17) is 10.5 Å². The van der Waals surface area contributed by atoms with E-state index in [0.717, 1.165) is 37.3 Å². The number of benzene rings is 1. The van der Waals surface area contributed by atoms with Crippen LogP contribution >= 0.6 is 0 Å². The van der Waals surface area contributed by atoms with Gasteiger partial charge in [0.05, 0.1) is 12.2 Å². The first-order valence-electron chi connectivity index (χ1n) is 7.47. The highest BCUT2D eigenvalue weighted by molar-refractivity contribution is 5.32. The molecular formula is C16H24N4O. The average molecular weight is 288 g/mol. The average Bonchev–Trinajstić information content (AvgIpc) is 2.86. The van der Waals surface area contributed by atoms with Crippen molar-refractivity contribution in [2.24, 2.45) is 5.73 Å². The van der Waals surface area contributed by atoms with Crippen LogP contribution in [-0.4, -0.2) is 28.1 Å². The van der Waals surface area contributed by atoms with Gasteiger partial charge in [0.15, 0.2) is 0 Å². The summed E-state index contributed by atoms with van der Waals surface area (Å²) in [6.07, 6.45) is 5.02. The van der Waals surface area contributed by atoms with Crippen molar-refractivity contribution in [1.82, 2.24) is 15.0 Å². The Balaban J connectivity index is 1.78. The zero-order valence-corrected chi connectivity index (χ0v) is 12.9. The van der Waals surface area contributed by atoms with Crippen molar-refractivity contribution >= 4 is 0 Å². The fourth-order valence-corrected chi connectivity index (χ4v) is 2.29. The van der Waals surface area contributed by atoms with Crippen LogP contribution in [0.15, 0.2) is 24.4 Å². The van der Waals surface area contributed by atoms with Crippen molar-refractivity contribution in [2.75, 3.05) is 13.2 Å². The van der Waals surface area contributed by atoms with Gasteiger partial charge >= 0.3 is 0 Å². The Labute approximate surface area is 126 Å². The Hall–Kier alpha value is -1.88. The molecule has 1 aromatic carbocycles. The van der Waals surface area contributed by atoms with E-state index in [-0.39, 0.29) is 0 Å². The van der Waals surface area contributed by atoms with E-state index in [1.807, 2.05) is 23.0 Å². The molecule has 0 aliphatic rings. The number of unbranched alkanes of at least 4 members (excludes halogenated alkanes) is 1. The van der Waals surface area contributed by atoms with Crippen molar-refractivity contribution in [1.29, 1.82) is 0 Å². The molecule has 2 N–H and O–H groups in total. The second-order valence-corrected chi connectivity index (χ2v) is 5.39. The molecule has 1 heterocycles. The van der Waals surface area contributed by atoms with Crippen molar-refractivity contribution in [3.05, 3.63) is 41.2 Å². The SMILES string of the molecule is Cc1cc(C)cc(OCCn2cc(CCCCN)nn2)c1. The largest absolute Gasteiger partial charge is 0.492 e. The van der Waals surface area contributed by atoms with Gasteiger partial charge in [0.25, 0.3) is 0 Å². The summed E-state index contributed by atoms with van der Waals surface area (Å²) in [7, 11) is 0. The van der Waals surface area contributed by atoms with Crippen LogP contribution in [0.2, 0.25) is 0 Å². The monoisotopic (exact) mass is 288 g/mol.